The quantitative estimate of drug-likeness (QED) is 0.632. The molecule has 2 unspecified atom stereocenters. The van der Waals surface area contributed by atoms with Crippen molar-refractivity contribution in [2.45, 2.75) is 39.0 Å². The van der Waals surface area contributed by atoms with Crippen LogP contribution < -0.4 is 0 Å². The Bertz CT molecular complexity index is 235. The Balaban J connectivity index is 2.24. The number of ether oxygens (including phenoxy) is 1. The molecular formula is C12H20O3. The summed E-state index contributed by atoms with van der Waals surface area (Å²) in [7, 11) is 1.43. The zero-order valence-electron chi connectivity index (χ0n) is 9.62. The van der Waals surface area contributed by atoms with E-state index < -0.39 is 0 Å². The molecule has 0 aromatic rings. The van der Waals surface area contributed by atoms with E-state index in [0.29, 0.717) is 12.3 Å². The van der Waals surface area contributed by atoms with Gasteiger partial charge in [-0.05, 0) is 18.3 Å². The number of methoxy groups -OCH3 is 1. The Morgan fingerprint density at radius 3 is 2.53 bits per heavy atom. The first-order valence-corrected chi connectivity index (χ1v) is 5.70. The van der Waals surface area contributed by atoms with Crippen molar-refractivity contribution in [3.05, 3.63) is 0 Å². The molecule has 0 bridgehead atoms. The van der Waals surface area contributed by atoms with Crippen LogP contribution in [-0.4, -0.2) is 25.3 Å². The Kier molecular flexibility index (Phi) is 4.95. The Hall–Kier alpha value is -0.700. The van der Waals surface area contributed by atoms with Gasteiger partial charge in [0.05, 0.1) is 0 Å². The molecule has 0 spiro atoms. The average Bonchev–Trinajstić information content (AvgIpc) is 2.61. The predicted molar refractivity (Wildman–Crippen MR) is 57.6 cm³/mol. The summed E-state index contributed by atoms with van der Waals surface area (Å²) in [6.07, 6.45) is 5.02. The van der Waals surface area contributed by atoms with Gasteiger partial charge in [0.1, 0.15) is 6.61 Å². The molecule has 0 N–H and O–H groups in total. The van der Waals surface area contributed by atoms with Gasteiger partial charge >= 0.3 is 0 Å². The van der Waals surface area contributed by atoms with Gasteiger partial charge < -0.3 is 4.74 Å². The van der Waals surface area contributed by atoms with Crippen molar-refractivity contribution in [1.82, 2.24) is 0 Å². The maximum atomic E-state index is 11.4. The van der Waals surface area contributed by atoms with E-state index in [1.54, 1.807) is 0 Å². The first-order chi connectivity index (χ1) is 7.15. The van der Waals surface area contributed by atoms with Crippen molar-refractivity contribution >= 4 is 11.6 Å². The van der Waals surface area contributed by atoms with E-state index in [1.165, 1.54) is 26.4 Å². The van der Waals surface area contributed by atoms with Gasteiger partial charge in [-0.2, -0.15) is 0 Å². The molecule has 0 saturated heterocycles. The molecule has 1 saturated carbocycles. The van der Waals surface area contributed by atoms with Crippen molar-refractivity contribution in [2.24, 2.45) is 11.8 Å². The molecule has 1 aliphatic rings. The second kappa shape index (κ2) is 6.01. The number of hydrogen-bond acceptors (Lipinski definition) is 3. The van der Waals surface area contributed by atoms with Gasteiger partial charge in [0.25, 0.3) is 0 Å². The lowest BCUT2D eigenvalue weighted by Gasteiger charge is -2.13. The van der Waals surface area contributed by atoms with E-state index in [-0.39, 0.29) is 18.2 Å². The van der Waals surface area contributed by atoms with E-state index in [4.69, 9.17) is 0 Å². The van der Waals surface area contributed by atoms with Crippen LogP contribution in [0.4, 0.5) is 0 Å². The van der Waals surface area contributed by atoms with E-state index in [2.05, 4.69) is 11.7 Å². The normalized spacial score (nSPS) is 25.5. The SMILES string of the molecule is COCC(=O)C(=O)CCC1CCCC1C. The molecule has 1 aliphatic carbocycles. The summed E-state index contributed by atoms with van der Waals surface area (Å²) < 4.78 is 4.65. The lowest BCUT2D eigenvalue weighted by molar-refractivity contribution is -0.138. The standard InChI is InChI=1S/C12H20O3/c1-9-4-3-5-10(9)6-7-11(13)12(14)8-15-2/h9-10H,3-8H2,1-2H3. The van der Waals surface area contributed by atoms with Crippen LogP contribution in [0, 0.1) is 11.8 Å². The molecule has 86 valence electrons. The Morgan fingerprint density at radius 1 is 1.27 bits per heavy atom. The van der Waals surface area contributed by atoms with Crippen LogP contribution in [0.5, 0.6) is 0 Å². The molecule has 2 atom stereocenters. The average molecular weight is 212 g/mol. The van der Waals surface area contributed by atoms with E-state index in [1.807, 2.05) is 0 Å². The molecular weight excluding hydrogens is 192 g/mol. The van der Waals surface area contributed by atoms with Crippen LogP contribution in [0.2, 0.25) is 0 Å². The van der Waals surface area contributed by atoms with Crippen molar-refractivity contribution in [3.63, 3.8) is 0 Å². The Labute approximate surface area is 91.2 Å². The molecule has 0 aliphatic heterocycles. The third kappa shape index (κ3) is 3.74. The van der Waals surface area contributed by atoms with E-state index in [0.717, 1.165) is 12.3 Å². The van der Waals surface area contributed by atoms with Crippen molar-refractivity contribution in [2.75, 3.05) is 13.7 Å². The summed E-state index contributed by atoms with van der Waals surface area (Å²) in [5, 5.41) is 0. The van der Waals surface area contributed by atoms with Crippen LogP contribution >= 0.6 is 0 Å². The van der Waals surface area contributed by atoms with Gasteiger partial charge in [-0.15, -0.1) is 0 Å². The van der Waals surface area contributed by atoms with Crippen LogP contribution in [0.3, 0.4) is 0 Å². The highest BCUT2D eigenvalue weighted by atomic mass is 16.5. The van der Waals surface area contributed by atoms with Crippen molar-refractivity contribution < 1.29 is 14.3 Å². The maximum Gasteiger partial charge on any atom is 0.223 e. The molecule has 0 radical (unpaired) electrons. The van der Waals surface area contributed by atoms with Crippen LogP contribution in [0.25, 0.3) is 0 Å². The summed E-state index contributed by atoms with van der Waals surface area (Å²) in [6, 6.07) is 0. The van der Waals surface area contributed by atoms with Crippen LogP contribution in [-0.2, 0) is 14.3 Å². The number of ketones is 2. The summed E-state index contributed by atoms with van der Waals surface area (Å²) in [6.45, 7) is 2.16. The minimum atomic E-state index is -0.386. The minimum Gasteiger partial charge on any atom is -0.376 e. The molecule has 0 aromatic heterocycles. The number of Topliss-reactive ketones (excluding diaryl/α,β-unsaturated/α-hetero) is 2. The number of rotatable bonds is 6. The third-order valence-corrected chi connectivity index (χ3v) is 3.37. The second-order valence-corrected chi connectivity index (χ2v) is 4.49. The minimum absolute atomic E-state index is 0.0704. The first-order valence-electron chi connectivity index (χ1n) is 5.70. The third-order valence-electron chi connectivity index (χ3n) is 3.37. The lowest BCUT2D eigenvalue weighted by Crippen LogP contribution is -2.20. The zero-order chi connectivity index (χ0) is 11.3. The highest BCUT2D eigenvalue weighted by Crippen LogP contribution is 2.34. The van der Waals surface area contributed by atoms with E-state index >= 15 is 0 Å². The molecule has 3 heteroatoms. The molecule has 0 aromatic carbocycles. The van der Waals surface area contributed by atoms with E-state index in [9.17, 15) is 9.59 Å². The number of hydrogen-bond donors (Lipinski definition) is 0. The maximum absolute atomic E-state index is 11.4. The zero-order valence-corrected chi connectivity index (χ0v) is 9.62. The Morgan fingerprint density at radius 2 is 2.00 bits per heavy atom. The lowest BCUT2D eigenvalue weighted by atomic mass is 9.92. The molecule has 1 rings (SSSR count). The smallest absolute Gasteiger partial charge is 0.223 e. The van der Waals surface area contributed by atoms with Crippen molar-refractivity contribution in [1.29, 1.82) is 0 Å². The van der Waals surface area contributed by atoms with Gasteiger partial charge in [-0.3, -0.25) is 9.59 Å². The predicted octanol–water partition coefficient (Wildman–Crippen LogP) is 1.99. The van der Waals surface area contributed by atoms with Gasteiger partial charge in [0.2, 0.25) is 11.6 Å². The van der Waals surface area contributed by atoms with Gasteiger partial charge in [-0.25, -0.2) is 0 Å². The summed E-state index contributed by atoms with van der Waals surface area (Å²) in [4.78, 5) is 22.5. The summed E-state index contributed by atoms with van der Waals surface area (Å²) in [5.41, 5.74) is 0. The fourth-order valence-electron chi connectivity index (χ4n) is 2.32. The fraction of sp³-hybridized carbons (Fsp3) is 0.833. The first kappa shape index (κ1) is 12.4. The van der Waals surface area contributed by atoms with Crippen LogP contribution in [0.15, 0.2) is 0 Å². The largest absolute Gasteiger partial charge is 0.376 e. The van der Waals surface area contributed by atoms with Gasteiger partial charge in [0.15, 0.2) is 0 Å². The van der Waals surface area contributed by atoms with Crippen LogP contribution in [0.1, 0.15) is 39.0 Å². The topological polar surface area (TPSA) is 43.4 Å². The van der Waals surface area contributed by atoms with Crippen molar-refractivity contribution in [3.8, 4) is 0 Å². The number of carbonyl (C=O) groups excluding carboxylic acids is 2. The monoisotopic (exact) mass is 212 g/mol. The fourth-order valence-corrected chi connectivity index (χ4v) is 2.32. The molecule has 3 nitrogen and oxygen atoms in total. The number of carbonyl (C=O) groups is 2. The summed E-state index contributed by atoms with van der Waals surface area (Å²) in [5.74, 6) is 0.707. The molecule has 1 fully saturated rings. The van der Waals surface area contributed by atoms with Gasteiger partial charge in [-0.1, -0.05) is 26.2 Å². The highest BCUT2D eigenvalue weighted by Gasteiger charge is 2.24. The molecule has 0 amide bonds. The summed E-state index contributed by atoms with van der Waals surface area (Å²) >= 11 is 0. The second-order valence-electron chi connectivity index (χ2n) is 4.49. The molecule has 15 heavy (non-hydrogen) atoms. The highest BCUT2D eigenvalue weighted by molar-refractivity contribution is 6.37. The molecule has 0 heterocycles. The van der Waals surface area contributed by atoms with Gasteiger partial charge in [0, 0.05) is 13.5 Å².